The van der Waals surface area contributed by atoms with Crippen LogP contribution in [-0.2, 0) is 11.3 Å². The quantitative estimate of drug-likeness (QED) is 0.776. The van der Waals surface area contributed by atoms with Crippen LogP contribution in [0.5, 0.6) is 6.01 Å². The molecule has 0 radical (unpaired) electrons. The first-order chi connectivity index (χ1) is 11.7. The van der Waals surface area contributed by atoms with Gasteiger partial charge in [-0.1, -0.05) is 23.7 Å². The summed E-state index contributed by atoms with van der Waals surface area (Å²) < 4.78 is 42.8. The third-order valence-electron chi connectivity index (χ3n) is 3.11. The van der Waals surface area contributed by atoms with Crippen LogP contribution in [-0.4, -0.2) is 28.1 Å². The highest BCUT2D eigenvalue weighted by Gasteiger charge is 2.27. The smallest absolute Gasteiger partial charge is 0.392 e. The highest BCUT2D eigenvalue weighted by molar-refractivity contribution is 6.30. The lowest BCUT2D eigenvalue weighted by Crippen LogP contribution is -2.26. The normalized spacial score (nSPS) is 11.4. The van der Waals surface area contributed by atoms with Crippen LogP contribution in [0.3, 0.4) is 0 Å². The van der Waals surface area contributed by atoms with Gasteiger partial charge in [0.2, 0.25) is 0 Å². The topological polar surface area (TPSA) is 61.2 Å². The van der Waals surface area contributed by atoms with Crippen molar-refractivity contribution in [2.45, 2.75) is 26.1 Å². The fraction of sp³-hybridized carbons (Fsp3) is 0.312. The number of rotatable bonds is 6. The number of carbonyl (C=O) groups is 1. The molecule has 0 saturated carbocycles. The van der Waals surface area contributed by atoms with E-state index >= 15 is 0 Å². The molecule has 134 valence electrons. The second-order valence-electron chi connectivity index (χ2n) is 5.27. The van der Waals surface area contributed by atoms with Gasteiger partial charge in [-0.15, -0.1) is 0 Å². The van der Waals surface area contributed by atoms with Crippen molar-refractivity contribution in [3.05, 3.63) is 45.7 Å². The molecule has 1 aromatic heterocycles. The molecule has 9 heteroatoms. The minimum absolute atomic E-state index is 0.212. The molecule has 0 atom stereocenters. The fourth-order valence-electron chi connectivity index (χ4n) is 1.99. The summed E-state index contributed by atoms with van der Waals surface area (Å²) in [6.45, 7) is 0.199. The van der Waals surface area contributed by atoms with E-state index in [1.54, 1.807) is 24.3 Å². The molecule has 1 heterocycles. The Morgan fingerprint density at radius 2 is 1.92 bits per heavy atom. The number of Topliss-reactive ketones (excluding diaryl/α,β-unsaturated/α-hetero) is 1. The van der Waals surface area contributed by atoms with Crippen molar-refractivity contribution in [3.63, 3.8) is 0 Å². The van der Waals surface area contributed by atoms with Crippen LogP contribution in [0.2, 0.25) is 5.02 Å². The van der Waals surface area contributed by atoms with E-state index in [9.17, 15) is 22.8 Å². The molecule has 1 aromatic carbocycles. The predicted molar refractivity (Wildman–Crippen MR) is 85.8 cm³/mol. The first kappa shape index (κ1) is 19.0. The minimum Gasteiger partial charge on any atom is -0.464 e. The van der Waals surface area contributed by atoms with Crippen LogP contribution in [0.1, 0.15) is 13.3 Å². The van der Waals surface area contributed by atoms with Gasteiger partial charge < -0.3 is 4.74 Å². The second-order valence-corrected chi connectivity index (χ2v) is 5.71. The third-order valence-corrected chi connectivity index (χ3v) is 3.36. The molecule has 0 saturated heterocycles. The zero-order valence-electron chi connectivity index (χ0n) is 13.1. The molecule has 0 spiro atoms. The second kappa shape index (κ2) is 7.69. The molecule has 5 nitrogen and oxygen atoms in total. The molecule has 0 aliphatic carbocycles. The molecule has 0 unspecified atom stereocenters. The Morgan fingerprint density at radius 1 is 1.28 bits per heavy atom. The van der Waals surface area contributed by atoms with Gasteiger partial charge in [0.05, 0.1) is 18.7 Å². The van der Waals surface area contributed by atoms with Gasteiger partial charge in [-0.05, 0) is 19.1 Å². The van der Waals surface area contributed by atoms with Crippen LogP contribution >= 0.6 is 11.6 Å². The van der Waals surface area contributed by atoms with Crippen LogP contribution in [0.15, 0.2) is 35.1 Å². The average molecular weight is 375 g/mol. The average Bonchev–Trinajstić information content (AvgIpc) is 2.49. The summed E-state index contributed by atoms with van der Waals surface area (Å²) in [5, 5.41) is 0.482. The Bertz CT molecular complexity index is 817. The number of carbonyl (C=O) groups excluding carboxylic acids is 1. The monoisotopic (exact) mass is 374 g/mol. The molecule has 2 rings (SSSR count). The SMILES string of the molecule is CC(=O)Cn1c(OCCC(F)(F)F)nc(-c2ccc(Cl)cc2)cc1=O. The van der Waals surface area contributed by atoms with E-state index in [1.807, 2.05) is 0 Å². The number of benzene rings is 1. The molecule has 0 fully saturated rings. The summed E-state index contributed by atoms with van der Waals surface area (Å²) in [4.78, 5) is 27.6. The number of hydrogen-bond donors (Lipinski definition) is 0. The molecule has 0 aliphatic heterocycles. The Hall–Kier alpha value is -2.35. The first-order valence-corrected chi connectivity index (χ1v) is 7.60. The van der Waals surface area contributed by atoms with Gasteiger partial charge in [-0.3, -0.25) is 14.2 Å². The van der Waals surface area contributed by atoms with E-state index in [0.717, 1.165) is 4.57 Å². The van der Waals surface area contributed by atoms with Crippen molar-refractivity contribution < 1.29 is 22.7 Å². The number of aromatic nitrogens is 2. The lowest BCUT2D eigenvalue weighted by Gasteiger charge is -2.14. The number of ketones is 1. The predicted octanol–water partition coefficient (Wildman–Crippen LogP) is 3.48. The van der Waals surface area contributed by atoms with Crippen molar-refractivity contribution in [1.82, 2.24) is 9.55 Å². The zero-order valence-corrected chi connectivity index (χ0v) is 13.9. The summed E-state index contributed by atoms with van der Waals surface area (Å²) in [6, 6.07) is 7.24. The number of halogens is 4. The summed E-state index contributed by atoms with van der Waals surface area (Å²) in [5.74, 6) is -0.358. The maximum atomic E-state index is 12.3. The number of nitrogens with zero attached hydrogens (tertiary/aromatic N) is 2. The summed E-state index contributed by atoms with van der Waals surface area (Å²) in [5.41, 5.74) is 0.151. The number of hydrogen-bond acceptors (Lipinski definition) is 4. The molecule has 0 N–H and O–H groups in total. The molecule has 0 bridgehead atoms. The summed E-state index contributed by atoms with van der Waals surface area (Å²) >= 11 is 5.80. The van der Waals surface area contributed by atoms with Crippen molar-refractivity contribution in [1.29, 1.82) is 0 Å². The Balaban J connectivity index is 2.39. The van der Waals surface area contributed by atoms with Crippen molar-refractivity contribution in [3.8, 4) is 17.3 Å². The molecular weight excluding hydrogens is 361 g/mol. The van der Waals surface area contributed by atoms with Gasteiger partial charge >= 0.3 is 6.18 Å². The van der Waals surface area contributed by atoms with Crippen molar-refractivity contribution in [2.75, 3.05) is 6.61 Å². The molecule has 25 heavy (non-hydrogen) atoms. The molecular formula is C16H14ClF3N2O3. The fourth-order valence-corrected chi connectivity index (χ4v) is 2.12. The Labute approximate surface area is 146 Å². The van der Waals surface area contributed by atoms with Crippen LogP contribution in [0, 0.1) is 0 Å². The van der Waals surface area contributed by atoms with Crippen molar-refractivity contribution >= 4 is 17.4 Å². The summed E-state index contributed by atoms with van der Waals surface area (Å²) in [6.07, 6.45) is -5.60. The van der Waals surface area contributed by atoms with Gasteiger partial charge in [0.15, 0.2) is 0 Å². The van der Waals surface area contributed by atoms with Gasteiger partial charge in [0, 0.05) is 16.7 Å². The standard InChI is InChI=1S/C16H14ClF3N2O3/c1-10(23)9-22-14(24)8-13(11-2-4-12(17)5-3-11)21-15(22)25-7-6-16(18,19)20/h2-5,8H,6-7,9H2,1H3. The maximum absolute atomic E-state index is 12.3. The lowest BCUT2D eigenvalue weighted by molar-refractivity contribution is -0.140. The highest BCUT2D eigenvalue weighted by Crippen LogP contribution is 2.22. The zero-order chi connectivity index (χ0) is 18.6. The highest BCUT2D eigenvalue weighted by atomic mass is 35.5. The third kappa shape index (κ3) is 5.60. The largest absolute Gasteiger partial charge is 0.464 e. The maximum Gasteiger partial charge on any atom is 0.392 e. The van der Waals surface area contributed by atoms with E-state index in [1.165, 1.54) is 13.0 Å². The Morgan fingerprint density at radius 3 is 2.48 bits per heavy atom. The number of ether oxygens (including phenoxy) is 1. The van der Waals surface area contributed by atoms with E-state index < -0.39 is 24.8 Å². The van der Waals surface area contributed by atoms with E-state index in [2.05, 4.69) is 4.98 Å². The minimum atomic E-state index is -4.40. The van der Waals surface area contributed by atoms with E-state index in [-0.39, 0.29) is 24.0 Å². The van der Waals surface area contributed by atoms with Crippen molar-refractivity contribution in [2.24, 2.45) is 0 Å². The van der Waals surface area contributed by atoms with Gasteiger partial charge in [-0.25, -0.2) is 0 Å². The van der Waals surface area contributed by atoms with Crippen LogP contribution < -0.4 is 10.3 Å². The first-order valence-electron chi connectivity index (χ1n) is 7.22. The lowest BCUT2D eigenvalue weighted by atomic mass is 10.1. The van der Waals surface area contributed by atoms with Gasteiger partial charge in [0.25, 0.3) is 11.6 Å². The summed E-state index contributed by atoms with van der Waals surface area (Å²) in [7, 11) is 0. The van der Waals surface area contributed by atoms with E-state index in [4.69, 9.17) is 16.3 Å². The van der Waals surface area contributed by atoms with Crippen LogP contribution in [0.25, 0.3) is 11.3 Å². The van der Waals surface area contributed by atoms with Crippen LogP contribution in [0.4, 0.5) is 13.2 Å². The number of alkyl halides is 3. The molecule has 2 aromatic rings. The molecule has 0 aliphatic rings. The van der Waals surface area contributed by atoms with Gasteiger partial charge in [-0.2, -0.15) is 18.2 Å². The Kier molecular flexibility index (Phi) is 5.84. The van der Waals surface area contributed by atoms with Gasteiger partial charge in [0.1, 0.15) is 12.4 Å². The molecule has 0 amide bonds. The van der Waals surface area contributed by atoms with E-state index in [0.29, 0.717) is 10.6 Å².